The highest BCUT2D eigenvalue weighted by molar-refractivity contribution is 5.78. The van der Waals surface area contributed by atoms with Crippen molar-refractivity contribution in [3.63, 3.8) is 0 Å². The topological polar surface area (TPSA) is 91.5 Å². The van der Waals surface area contributed by atoms with Crippen LogP contribution in [0.3, 0.4) is 0 Å². The Labute approximate surface area is 134 Å². The minimum Gasteiger partial charge on any atom is -0.353 e. The highest BCUT2D eigenvalue weighted by Gasteiger charge is 2.20. The molecule has 1 atom stereocenters. The largest absolute Gasteiger partial charge is 0.353 e. The molecular weight excluding hydrogens is 296 g/mol. The van der Waals surface area contributed by atoms with Gasteiger partial charge in [0.05, 0.1) is 6.54 Å². The van der Waals surface area contributed by atoms with E-state index in [1.807, 2.05) is 19.1 Å². The number of piperazine rings is 1. The van der Waals surface area contributed by atoms with Crippen LogP contribution < -0.4 is 10.2 Å². The Morgan fingerprint density at radius 1 is 1.30 bits per heavy atom. The van der Waals surface area contributed by atoms with Crippen LogP contribution in [0.2, 0.25) is 0 Å². The Morgan fingerprint density at radius 2 is 2.09 bits per heavy atom. The summed E-state index contributed by atoms with van der Waals surface area (Å²) in [7, 11) is 0. The lowest BCUT2D eigenvalue weighted by Gasteiger charge is -2.34. The first kappa shape index (κ1) is 15.6. The van der Waals surface area contributed by atoms with E-state index < -0.39 is 0 Å². The molecule has 1 aliphatic rings. The number of nitrogens with one attached hydrogen (secondary N) is 1. The summed E-state index contributed by atoms with van der Waals surface area (Å²) in [5.74, 6) is 0.953. The third-order valence-electron chi connectivity index (χ3n) is 4.14. The van der Waals surface area contributed by atoms with E-state index in [2.05, 4.69) is 42.7 Å². The Morgan fingerprint density at radius 3 is 2.83 bits per heavy atom. The molecule has 1 saturated heterocycles. The Balaban J connectivity index is 1.52. The van der Waals surface area contributed by atoms with E-state index in [0.29, 0.717) is 12.2 Å². The van der Waals surface area contributed by atoms with Crippen molar-refractivity contribution in [2.45, 2.75) is 26.3 Å². The molecule has 23 heavy (non-hydrogen) atoms. The molecule has 1 N–H and O–H groups in total. The molecule has 1 aliphatic heterocycles. The van der Waals surface area contributed by atoms with Gasteiger partial charge in [0, 0.05) is 32.2 Å². The van der Waals surface area contributed by atoms with E-state index in [9.17, 15) is 4.79 Å². The minimum absolute atomic E-state index is 0.0982. The standard InChI is InChI=1S/C14H22N8O/c1-3-11(2)15-14(23)10-20-6-8-21(9-7-20)13-5-4-12-16-18-19-22(12)17-13/h4-5,11H,3,6-10H2,1-2H3,(H,15,23). The number of carbonyl (C=O) groups is 1. The first-order valence-electron chi connectivity index (χ1n) is 7.98. The fourth-order valence-electron chi connectivity index (χ4n) is 2.57. The zero-order valence-electron chi connectivity index (χ0n) is 13.5. The zero-order valence-corrected chi connectivity index (χ0v) is 13.5. The van der Waals surface area contributed by atoms with Crippen LogP contribution in [0.1, 0.15) is 20.3 Å². The quantitative estimate of drug-likeness (QED) is 0.799. The first-order chi connectivity index (χ1) is 11.2. The molecule has 124 valence electrons. The van der Waals surface area contributed by atoms with Crippen molar-refractivity contribution in [3.05, 3.63) is 12.1 Å². The lowest BCUT2D eigenvalue weighted by molar-refractivity contribution is -0.122. The maximum atomic E-state index is 11.9. The van der Waals surface area contributed by atoms with Crippen molar-refractivity contribution in [1.82, 2.24) is 35.5 Å². The third-order valence-corrected chi connectivity index (χ3v) is 4.14. The number of tetrazole rings is 1. The maximum absolute atomic E-state index is 11.9. The van der Waals surface area contributed by atoms with E-state index in [0.717, 1.165) is 38.4 Å². The lowest BCUT2D eigenvalue weighted by atomic mass is 10.2. The number of hydrogen-bond donors (Lipinski definition) is 1. The van der Waals surface area contributed by atoms with Crippen molar-refractivity contribution < 1.29 is 4.79 Å². The molecule has 3 heterocycles. The van der Waals surface area contributed by atoms with Crippen LogP contribution in [-0.2, 0) is 4.79 Å². The Bertz CT molecular complexity index is 664. The van der Waals surface area contributed by atoms with Gasteiger partial charge in [-0.2, -0.15) is 0 Å². The second-order valence-electron chi connectivity index (χ2n) is 5.86. The first-order valence-corrected chi connectivity index (χ1v) is 7.98. The van der Waals surface area contributed by atoms with Gasteiger partial charge < -0.3 is 10.2 Å². The predicted octanol–water partition coefficient (Wildman–Crippen LogP) is -0.444. The van der Waals surface area contributed by atoms with Gasteiger partial charge >= 0.3 is 0 Å². The number of anilines is 1. The summed E-state index contributed by atoms with van der Waals surface area (Å²) < 4.78 is 1.43. The predicted molar refractivity (Wildman–Crippen MR) is 85.1 cm³/mol. The number of aromatic nitrogens is 5. The van der Waals surface area contributed by atoms with Gasteiger partial charge in [0.1, 0.15) is 0 Å². The van der Waals surface area contributed by atoms with Gasteiger partial charge in [-0.05, 0) is 35.9 Å². The van der Waals surface area contributed by atoms with Crippen molar-refractivity contribution in [3.8, 4) is 0 Å². The summed E-state index contributed by atoms with van der Waals surface area (Å²) in [6, 6.07) is 4.02. The van der Waals surface area contributed by atoms with Crippen molar-refractivity contribution in [2.75, 3.05) is 37.6 Å². The fourth-order valence-corrected chi connectivity index (χ4v) is 2.57. The highest BCUT2D eigenvalue weighted by atomic mass is 16.2. The van der Waals surface area contributed by atoms with Gasteiger partial charge in [0.15, 0.2) is 11.5 Å². The van der Waals surface area contributed by atoms with Crippen molar-refractivity contribution >= 4 is 17.4 Å². The molecule has 0 bridgehead atoms. The number of fused-ring (bicyclic) bond motifs is 1. The van der Waals surface area contributed by atoms with Crippen LogP contribution in [0.25, 0.3) is 5.65 Å². The summed E-state index contributed by atoms with van der Waals surface area (Å²) in [6.45, 7) is 7.88. The van der Waals surface area contributed by atoms with Gasteiger partial charge in [-0.15, -0.1) is 14.8 Å². The number of nitrogens with zero attached hydrogens (tertiary/aromatic N) is 7. The number of carbonyl (C=O) groups excluding carboxylic acids is 1. The van der Waals surface area contributed by atoms with Gasteiger partial charge in [-0.3, -0.25) is 9.69 Å². The van der Waals surface area contributed by atoms with Gasteiger partial charge in [-0.25, -0.2) is 0 Å². The maximum Gasteiger partial charge on any atom is 0.234 e. The molecule has 1 unspecified atom stereocenters. The molecule has 2 aromatic rings. The van der Waals surface area contributed by atoms with Crippen LogP contribution in [0.5, 0.6) is 0 Å². The van der Waals surface area contributed by atoms with Crippen LogP contribution in [-0.4, -0.2) is 74.8 Å². The summed E-state index contributed by atoms with van der Waals surface area (Å²) in [4.78, 5) is 16.3. The third kappa shape index (κ3) is 3.73. The summed E-state index contributed by atoms with van der Waals surface area (Å²) in [5, 5.41) is 18.7. The second kappa shape index (κ2) is 6.86. The number of rotatable bonds is 5. The van der Waals surface area contributed by atoms with E-state index >= 15 is 0 Å². The molecule has 0 aromatic carbocycles. The molecule has 0 radical (unpaired) electrons. The Hall–Kier alpha value is -2.29. The van der Waals surface area contributed by atoms with E-state index in [1.165, 1.54) is 4.63 Å². The second-order valence-corrected chi connectivity index (χ2v) is 5.86. The highest BCUT2D eigenvalue weighted by Crippen LogP contribution is 2.13. The summed E-state index contributed by atoms with van der Waals surface area (Å²) in [5.41, 5.74) is 0.633. The van der Waals surface area contributed by atoms with Crippen LogP contribution >= 0.6 is 0 Å². The smallest absolute Gasteiger partial charge is 0.234 e. The molecule has 0 saturated carbocycles. The van der Waals surface area contributed by atoms with E-state index in [4.69, 9.17) is 0 Å². The van der Waals surface area contributed by atoms with E-state index in [-0.39, 0.29) is 11.9 Å². The fraction of sp³-hybridized carbons (Fsp3) is 0.643. The minimum atomic E-state index is 0.0982. The van der Waals surface area contributed by atoms with Crippen molar-refractivity contribution in [1.29, 1.82) is 0 Å². The molecule has 2 aromatic heterocycles. The van der Waals surface area contributed by atoms with Crippen LogP contribution in [0.4, 0.5) is 5.82 Å². The molecule has 1 fully saturated rings. The molecular formula is C14H22N8O. The summed E-state index contributed by atoms with van der Waals surface area (Å²) >= 11 is 0. The lowest BCUT2D eigenvalue weighted by Crippen LogP contribution is -2.50. The van der Waals surface area contributed by atoms with Crippen LogP contribution in [0.15, 0.2) is 12.1 Å². The molecule has 3 rings (SSSR count). The molecule has 9 nitrogen and oxygen atoms in total. The SMILES string of the molecule is CCC(C)NC(=O)CN1CCN(c2ccc3nnnn3n2)CC1. The molecule has 1 amide bonds. The monoisotopic (exact) mass is 318 g/mol. The molecule has 9 heteroatoms. The van der Waals surface area contributed by atoms with E-state index in [1.54, 1.807) is 0 Å². The van der Waals surface area contributed by atoms with Crippen LogP contribution in [0, 0.1) is 0 Å². The average Bonchev–Trinajstić information content (AvgIpc) is 3.03. The number of hydrogen-bond acceptors (Lipinski definition) is 7. The zero-order chi connectivity index (χ0) is 16.2. The number of amides is 1. The van der Waals surface area contributed by atoms with Gasteiger partial charge in [-0.1, -0.05) is 6.92 Å². The molecule has 0 spiro atoms. The normalized spacial score (nSPS) is 17.4. The van der Waals surface area contributed by atoms with Gasteiger partial charge in [0.2, 0.25) is 5.91 Å². The average molecular weight is 318 g/mol. The summed E-state index contributed by atoms with van der Waals surface area (Å²) in [6.07, 6.45) is 0.949. The Kier molecular flexibility index (Phi) is 4.65. The van der Waals surface area contributed by atoms with Crippen molar-refractivity contribution in [2.24, 2.45) is 0 Å². The van der Waals surface area contributed by atoms with Gasteiger partial charge in [0.25, 0.3) is 0 Å². The molecule has 0 aliphatic carbocycles.